The van der Waals surface area contributed by atoms with Gasteiger partial charge in [-0.15, -0.1) is 0 Å². The Morgan fingerprint density at radius 1 is 0.571 bits per heavy atom. The van der Waals surface area contributed by atoms with Gasteiger partial charge in [0.25, 0.3) is 0 Å². The van der Waals surface area contributed by atoms with Crippen LogP contribution in [0.25, 0.3) is 0 Å². The molecule has 0 heterocycles. The molecule has 0 aromatic heterocycles. The van der Waals surface area contributed by atoms with E-state index in [2.05, 4.69) is 98.2 Å². The third-order valence-corrected chi connectivity index (χ3v) is 9.48. The van der Waals surface area contributed by atoms with Crippen molar-refractivity contribution < 1.29 is 37.6 Å². The first-order chi connectivity index (χ1) is 27.3. The quantitative estimate of drug-likeness (QED) is 0.0271. The van der Waals surface area contributed by atoms with Gasteiger partial charge in [0.15, 0.2) is 6.10 Å². The summed E-state index contributed by atoms with van der Waals surface area (Å²) < 4.78 is 33.1. The summed E-state index contributed by atoms with van der Waals surface area (Å²) in [6.45, 7) is 3.99. The van der Waals surface area contributed by atoms with Gasteiger partial charge in [-0.25, -0.2) is 4.57 Å². The van der Waals surface area contributed by atoms with Crippen molar-refractivity contribution in [2.45, 2.75) is 161 Å². The fourth-order valence-corrected chi connectivity index (χ4v) is 6.02. The summed E-state index contributed by atoms with van der Waals surface area (Å²) in [5, 5.41) is 2.81. The fourth-order valence-electron chi connectivity index (χ4n) is 5.26. The van der Waals surface area contributed by atoms with Crippen LogP contribution in [0.3, 0.4) is 0 Å². The predicted octanol–water partition coefficient (Wildman–Crippen LogP) is 12.3. The lowest BCUT2D eigenvalue weighted by Crippen LogP contribution is -2.29. The van der Waals surface area contributed by atoms with Gasteiger partial charge in [-0.3, -0.25) is 18.6 Å². The van der Waals surface area contributed by atoms with E-state index >= 15 is 0 Å². The molecule has 0 aliphatic heterocycles. The number of unbranched alkanes of at least 4 members (excludes halogenated alkanes) is 11. The summed E-state index contributed by atoms with van der Waals surface area (Å²) in [7, 11) is -2.68. The lowest BCUT2D eigenvalue weighted by atomic mass is 10.1. The molecule has 0 fully saturated rings. The summed E-state index contributed by atoms with van der Waals surface area (Å²) >= 11 is 0. The van der Waals surface area contributed by atoms with Crippen molar-refractivity contribution in [2.75, 3.05) is 33.4 Å². The molecule has 2 unspecified atom stereocenters. The first-order valence-electron chi connectivity index (χ1n) is 21.5. The fraction of sp³-hybridized carbons (Fsp3) is 0.652. The Bertz CT molecular complexity index is 1190. The number of nitrogens with one attached hydrogen (secondary N) is 1. The Morgan fingerprint density at radius 2 is 1.04 bits per heavy atom. The van der Waals surface area contributed by atoms with Gasteiger partial charge in [-0.05, 0) is 90.5 Å². The smallest absolute Gasteiger partial charge is 0.462 e. The first kappa shape index (κ1) is 53.2. The standard InChI is InChI=1S/C46H78NO8P/c1-4-6-8-10-12-14-16-18-20-22-24-26-28-30-32-34-36-38-45(48)52-42-44(43-54-56(50,51)53-41-40-47-3)55-46(49)39-37-35-33-31-29-27-25-23-21-19-17-15-13-11-9-7-5-2/h6,8,12-15,18-21,24,26,30,32,44,47H,4-5,7,9-11,16-17,22-23,25,27-29,31,33-43H2,1-3H3,(H,50,51)/b8-6-,14-12-,15-13-,20-18-,21-19-,26-24-,32-30-. The van der Waals surface area contributed by atoms with Crippen LogP contribution in [0.15, 0.2) is 85.1 Å². The molecule has 0 spiro atoms. The van der Waals surface area contributed by atoms with E-state index in [1.165, 1.54) is 44.9 Å². The number of likely N-dealkylation sites (N-methyl/N-ethyl adjacent to an activating group) is 1. The maximum Gasteiger partial charge on any atom is 0.472 e. The molecule has 10 heteroatoms. The lowest BCUT2D eigenvalue weighted by Gasteiger charge is -2.20. The van der Waals surface area contributed by atoms with E-state index < -0.39 is 32.5 Å². The maximum atomic E-state index is 12.6. The van der Waals surface area contributed by atoms with E-state index in [0.29, 0.717) is 19.4 Å². The van der Waals surface area contributed by atoms with Gasteiger partial charge in [-0.2, -0.15) is 0 Å². The highest BCUT2D eigenvalue weighted by molar-refractivity contribution is 7.47. The summed E-state index contributed by atoms with van der Waals surface area (Å²) in [6.07, 6.45) is 50.6. The van der Waals surface area contributed by atoms with E-state index in [1.54, 1.807) is 7.05 Å². The monoisotopic (exact) mass is 804 g/mol. The Morgan fingerprint density at radius 3 is 1.57 bits per heavy atom. The van der Waals surface area contributed by atoms with Crippen molar-refractivity contribution in [3.05, 3.63) is 85.1 Å². The number of esters is 2. The molecular weight excluding hydrogens is 725 g/mol. The molecule has 0 aromatic carbocycles. The highest BCUT2D eigenvalue weighted by Crippen LogP contribution is 2.43. The zero-order chi connectivity index (χ0) is 41.1. The minimum atomic E-state index is -4.37. The Balaban J connectivity index is 4.35. The third kappa shape index (κ3) is 40.8. The average molecular weight is 804 g/mol. The van der Waals surface area contributed by atoms with E-state index in [0.717, 1.165) is 70.6 Å². The average Bonchev–Trinajstić information content (AvgIpc) is 3.18. The molecule has 0 amide bonds. The topological polar surface area (TPSA) is 120 Å². The Kier molecular flexibility index (Phi) is 39.7. The number of ether oxygens (including phenoxy) is 2. The van der Waals surface area contributed by atoms with E-state index in [4.69, 9.17) is 18.5 Å². The molecule has 0 saturated carbocycles. The van der Waals surface area contributed by atoms with Crippen LogP contribution < -0.4 is 5.32 Å². The Hall–Kier alpha value is -2.81. The molecule has 0 aliphatic carbocycles. The van der Waals surface area contributed by atoms with Gasteiger partial charge < -0.3 is 19.7 Å². The Labute approximate surface area is 341 Å². The van der Waals surface area contributed by atoms with Crippen LogP contribution in [0, 0.1) is 0 Å². The second kappa shape index (κ2) is 41.8. The van der Waals surface area contributed by atoms with Gasteiger partial charge in [-0.1, -0.05) is 144 Å². The van der Waals surface area contributed by atoms with Gasteiger partial charge in [0, 0.05) is 19.4 Å². The van der Waals surface area contributed by atoms with Crippen LogP contribution in [0.1, 0.15) is 155 Å². The highest BCUT2D eigenvalue weighted by atomic mass is 31.2. The van der Waals surface area contributed by atoms with Crippen LogP contribution >= 0.6 is 7.82 Å². The first-order valence-corrected chi connectivity index (χ1v) is 23.0. The van der Waals surface area contributed by atoms with Crippen molar-refractivity contribution in [3.63, 3.8) is 0 Å². The molecule has 0 aliphatic rings. The molecule has 0 bridgehead atoms. The largest absolute Gasteiger partial charge is 0.472 e. The van der Waals surface area contributed by atoms with Gasteiger partial charge in [0.2, 0.25) is 0 Å². The van der Waals surface area contributed by atoms with Crippen LogP contribution in [-0.4, -0.2) is 56.3 Å². The van der Waals surface area contributed by atoms with E-state index in [9.17, 15) is 19.0 Å². The molecule has 9 nitrogen and oxygen atoms in total. The molecule has 2 N–H and O–H groups in total. The third-order valence-electron chi connectivity index (χ3n) is 8.50. The molecule has 56 heavy (non-hydrogen) atoms. The van der Waals surface area contributed by atoms with E-state index in [1.807, 2.05) is 6.08 Å². The number of rotatable bonds is 39. The van der Waals surface area contributed by atoms with E-state index in [-0.39, 0.29) is 26.1 Å². The zero-order valence-electron chi connectivity index (χ0n) is 35.3. The number of carbonyl (C=O) groups is 2. The molecule has 320 valence electrons. The normalized spacial score (nSPS) is 14.1. The molecular formula is C46H78NO8P. The molecule has 0 aromatic rings. The van der Waals surface area contributed by atoms with Crippen LogP contribution in [0.5, 0.6) is 0 Å². The summed E-state index contributed by atoms with van der Waals surface area (Å²) in [5.74, 6) is -0.892. The highest BCUT2D eigenvalue weighted by Gasteiger charge is 2.26. The summed E-state index contributed by atoms with van der Waals surface area (Å²) in [5.41, 5.74) is 0. The van der Waals surface area contributed by atoms with Crippen LogP contribution in [0.4, 0.5) is 0 Å². The van der Waals surface area contributed by atoms with Crippen LogP contribution in [-0.2, 0) is 32.7 Å². The van der Waals surface area contributed by atoms with Gasteiger partial charge in [0.05, 0.1) is 13.2 Å². The summed E-state index contributed by atoms with van der Waals surface area (Å²) in [4.78, 5) is 35.0. The zero-order valence-corrected chi connectivity index (χ0v) is 36.2. The number of phosphoric ester groups is 1. The van der Waals surface area contributed by atoms with Crippen LogP contribution in [0.2, 0.25) is 0 Å². The second-order valence-corrected chi connectivity index (χ2v) is 15.2. The minimum absolute atomic E-state index is 0.0320. The van der Waals surface area contributed by atoms with Crippen molar-refractivity contribution >= 4 is 19.8 Å². The number of hydrogen-bond acceptors (Lipinski definition) is 8. The van der Waals surface area contributed by atoms with Crippen molar-refractivity contribution in [3.8, 4) is 0 Å². The lowest BCUT2D eigenvalue weighted by molar-refractivity contribution is -0.161. The molecule has 0 rings (SSSR count). The maximum absolute atomic E-state index is 12.6. The number of phosphoric acid groups is 1. The molecule has 0 saturated heterocycles. The molecule has 0 radical (unpaired) electrons. The van der Waals surface area contributed by atoms with Crippen molar-refractivity contribution in [1.82, 2.24) is 5.32 Å². The second-order valence-electron chi connectivity index (χ2n) is 13.8. The SMILES string of the molecule is CC/C=C\C/C=C\C/C=C\C/C=C\C/C=C\CCCC(=O)OCC(COP(=O)(O)OCCNC)OC(=O)CCCCCCCCC/C=C\C/C=C\CCCCC. The number of carbonyl (C=O) groups excluding carboxylic acids is 2. The van der Waals surface area contributed by atoms with Crippen molar-refractivity contribution in [1.29, 1.82) is 0 Å². The van der Waals surface area contributed by atoms with Gasteiger partial charge >= 0.3 is 19.8 Å². The minimum Gasteiger partial charge on any atom is -0.462 e. The molecule has 2 atom stereocenters. The number of hydrogen-bond donors (Lipinski definition) is 2. The van der Waals surface area contributed by atoms with Gasteiger partial charge in [0.1, 0.15) is 6.61 Å². The number of allylic oxidation sites excluding steroid dienone is 14. The summed E-state index contributed by atoms with van der Waals surface area (Å²) in [6, 6.07) is 0. The van der Waals surface area contributed by atoms with Crippen molar-refractivity contribution in [2.24, 2.45) is 0 Å². The predicted molar refractivity (Wildman–Crippen MR) is 233 cm³/mol.